The van der Waals surface area contributed by atoms with Crippen LogP contribution in [-0.2, 0) is 10.4 Å². The van der Waals surface area contributed by atoms with Crippen LogP contribution in [0.15, 0.2) is 22.8 Å². The van der Waals surface area contributed by atoms with E-state index in [0.717, 1.165) is 0 Å². The maximum atomic E-state index is 11.7. The molecular formula is C13H22N2O3. The van der Waals surface area contributed by atoms with E-state index < -0.39 is 5.60 Å². The predicted molar refractivity (Wildman–Crippen MR) is 69.1 cm³/mol. The van der Waals surface area contributed by atoms with Gasteiger partial charge >= 0.3 is 0 Å². The second-order valence-corrected chi connectivity index (χ2v) is 5.04. The van der Waals surface area contributed by atoms with E-state index >= 15 is 0 Å². The minimum Gasteiger partial charge on any atom is -0.466 e. The molecule has 2 N–H and O–H groups in total. The molecule has 0 bridgehead atoms. The van der Waals surface area contributed by atoms with Gasteiger partial charge in [0.05, 0.1) is 19.4 Å². The Morgan fingerprint density at radius 1 is 1.61 bits per heavy atom. The molecule has 1 atom stereocenters. The number of likely N-dealkylation sites (N-methyl/N-ethyl adjacent to an activating group) is 1. The van der Waals surface area contributed by atoms with Gasteiger partial charge in [-0.2, -0.15) is 0 Å². The summed E-state index contributed by atoms with van der Waals surface area (Å²) < 4.78 is 5.14. The summed E-state index contributed by atoms with van der Waals surface area (Å²) in [7, 11) is 1.88. The molecule has 1 rings (SSSR count). The smallest absolute Gasteiger partial charge is 0.234 e. The lowest BCUT2D eigenvalue weighted by Crippen LogP contribution is -2.43. The van der Waals surface area contributed by atoms with Gasteiger partial charge in [0, 0.05) is 6.04 Å². The standard InChI is InChI=1S/C13H22N2O3/c1-10(2)15(4)8-12(16)14-9-13(3,17)11-6-5-7-18-11/h5-7,10,17H,8-9H2,1-4H3,(H,14,16). The molecule has 0 saturated carbocycles. The van der Waals surface area contributed by atoms with Crippen LogP contribution in [0.2, 0.25) is 0 Å². The van der Waals surface area contributed by atoms with Crippen molar-refractivity contribution in [3.8, 4) is 0 Å². The van der Waals surface area contributed by atoms with Crippen LogP contribution in [0.25, 0.3) is 0 Å². The average Bonchev–Trinajstić information content (AvgIpc) is 2.80. The molecule has 0 spiro atoms. The van der Waals surface area contributed by atoms with Gasteiger partial charge in [0.1, 0.15) is 11.4 Å². The molecule has 1 heterocycles. The van der Waals surface area contributed by atoms with Crippen LogP contribution < -0.4 is 5.32 Å². The summed E-state index contributed by atoms with van der Waals surface area (Å²) >= 11 is 0. The van der Waals surface area contributed by atoms with Crippen molar-refractivity contribution in [1.82, 2.24) is 10.2 Å². The first-order valence-corrected chi connectivity index (χ1v) is 6.06. The van der Waals surface area contributed by atoms with Gasteiger partial charge in [-0.1, -0.05) is 0 Å². The molecule has 0 saturated heterocycles. The number of amides is 1. The highest BCUT2D eigenvalue weighted by molar-refractivity contribution is 5.78. The fraction of sp³-hybridized carbons (Fsp3) is 0.615. The van der Waals surface area contributed by atoms with Crippen molar-refractivity contribution in [2.75, 3.05) is 20.1 Å². The lowest BCUT2D eigenvalue weighted by atomic mass is 10.0. The fourth-order valence-electron chi connectivity index (χ4n) is 1.41. The van der Waals surface area contributed by atoms with Crippen molar-refractivity contribution in [2.24, 2.45) is 0 Å². The number of aliphatic hydroxyl groups is 1. The molecule has 102 valence electrons. The lowest BCUT2D eigenvalue weighted by Gasteiger charge is -2.23. The molecule has 5 nitrogen and oxygen atoms in total. The lowest BCUT2D eigenvalue weighted by molar-refractivity contribution is -0.123. The van der Waals surface area contributed by atoms with Crippen molar-refractivity contribution < 1.29 is 14.3 Å². The second-order valence-electron chi connectivity index (χ2n) is 5.04. The van der Waals surface area contributed by atoms with Crippen molar-refractivity contribution in [3.05, 3.63) is 24.2 Å². The fourth-order valence-corrected chi connectivity index (χ4v) is 1.41. The number of hydrogen-bond acceptors (Lipinski definition) is 4. The third-order valence-corrected chi connectivity index (χ3v) is 2.96. The van der Waals surface area contributed by atoms with Crippen molar-refractivity contribution in [1.29, 1.82) is 0 Å². The molecule has 0 aliphatic carbocycles. The van der Waals surface area contributed by atoms with Crippen LogP contribution in [0.4, 0.5) is 0 Å². The van der Waals surface area contributed by atoms with Crippen molar-refractivity contribution >= 4 is 5.91 Å². The summed E-state index contributed by atoms with van der Waals surface area (Å²) in [4.78, 5) is 13.6. The zero-order valence-corrected chi connectivity index (χ0v) is 11.4. The van der Waals surface area contributed by atoms with Gasteiger partial charge in [-0.3, -0.25) is 9.69 Å². The molecule has 0 radical (unpaired) electrons. The number of furan rings is 1. The van der Waals surface area contributed by atoms with E-state index in [-0.39, 0.29) is 12.5 Å². The Labute approximate surface area is 108 Å². The molecule has 5 heteroatoms. The zero-order chi connectivity index (χ0) is 13.8. The van der Waals surface area contributed by atoms with E-state index in [4.69, 9.17) is 4.42 Å². The SMILES string of the molecule is CC(C)N(C)CC(=O)NCC(C)(O)c1ccco1. The third kappa shape index (κ3) is 4.16. The Morgan fingerprint density at radius 2 is 2.28 bits per heavy atom. The third-order valence-electron chi connectivity index (χ3n) is 2.96. The minimum absolute atomic E-state index is 0.113. The quantitative estimate of drug-likeness (QED) is 0.793. The van der Waals surface area contributed by atoms with Gasteiger partial charge in [-0.25, -0.2) is 0 Å². The Bertz CT molecular complexity index is 372. The summed E-state index contributed by atoms with van der Waals surface area (Å²) in [5.41, 5.74) is -1.18. The number of nitrogens with one attached hydrogen (secondary N) is 1. The average molecular weight is 254 g/mol. The largest absolute Gasteiger partial charge is 0.466 e. The normalized spacial score (nSPS) is 14.8. The van der Waals surface area contributed by atoms with Crippen LogP contribution in [-0.4, -0.2) is 42.1 Å². The first kappa shape index (κ1) is 14.7. The molecule has 0 aliphatic rings. The van der Waals surface area contributed by atoms with Gasteiger partial charge < -0.3 is 14.8 Å². The molecule has 1 aromatic rings. The van der Waals surface area contributed by atoms with E-state index in [1.54, 1.807) is 19.1 Å². The molecule has 1 aromatic heterocycles. The van der Waals surface area contributed by atoms with Crippen LogP contribution in [0.5, 0.6) is 0 Å². The van der Waals surface area contributed by atoms with E-state index in [9.17, 15) is 9.90 Å². The summed E-state index contributed by atoms with van der Waals surface area (Å²) in [6, 6.07) is 3.70. The van der Waals surface area contributed by atoms with Gasteiger partial charge in [-0.15, -0.1) is 0 Å². The number of nitrogens with zero attached hydrogens (tertiary/aromatic N) is 1. The number of carbonyl (C=O) groups is 1. The summed E-state index contributed by atoms with van der Waals surface area (Å²) in [5, 5.41) is 12.9. The van der Waals surface area contributed by atoms with Crippen LogP contribution in [0.1, 0.15) is 26.5 Å². The van der Waals surface area contributed by atoms with Crippen molar-refractivity contribution in [3.63, 3.8) is 0 Å². The molecule has 1 unspecified atom stereocenters. The zero-order valence-electron chi connectivity index (χ0n) is 11.4. The van der Waals surface area contributed by atoms with Crippen LogP contribution in [0, 0.1) is 0 Å². The Balaban J connectivity index is 2.43. The molecule has 18 heavy (non-hydrogen) atoms. The van der Waals surface area contributed by atoms with E-state index in [0.29, 0.717) is 18.3 Å². The van der Waals surface area contributed by atoms with E-state index in [1.807, 2.05) is 25.8 Å². The van der Waals surface area contributed by atoms with E-state index in [1.165, 1.54) is 6.26 Å². The van der Waals surface area contributed by atoms with E-state index in [2.05, 4.69) is 5.32 Å². The second kappa shape index (κ2) is 6.02. The van der Waals surface area contributed by atoms with Gasteiger partial charge in [0.2, 0.25) is 5.91 Å². The maximum Gasteiger partial charge on any atom is 0.234 e. The van der Waals surface area contributed by atoms with Gasteiger partial charge in [0.15, 0.2) is 0 Å². The molecular weight excluding hydrogens is 232 g/mol. The molecule has 0 aromatic carbocycles. The number of carbonyl (C=O) groups excluding carboxylic acids is 1. The Kier molecular flexibility index (Phi) is 4.93. The minimum atomic E-state index is -1.18. The maximum absolute atomic E-state index is 11.7. The van der Waals surface area contributed by atoms with Crippen LogP contribution >= 0.6 is 0 Å². The monoisotopic (exact) mass is 254 g/mol. The summed E-state index contributed by atoms with van der Waals surface area (Å²) in [6.45, 7) is 6.09. The first-order valence-electron chi connectivity index (χ1n) is 6.06. The highest BCUT2D eigenvalue weighted by Gasteiger charge is 2.26. The summed E-state index contributed by atoms with van der Waals surface area (Å²) in [5.74, 6) is 0.332. The first-order chi connectivity index (χ1) is 8.33. The number of hydrogen-bond donors (Lipinski definition) is 2. The summed E-state index contributed by atoms with van der Waals surface area (Å²) in [6.07, 6.45) is 1.50. The van der Waals surface area contributed by atoms with Crippen LogP contribution in [0.3, 0.4) is 0 Å². The predicted octanol–water partition coefficient (Wildman–Crippen LogP) is 0.943. The highest BCUT2D eigenvalue weighted by Crippen LogP contribution is 2.19. The van der Waals surface area contributed by atoms with Gasteiger partial charge in [0.25, 0.3) is 0 Å². The van der Waals surface area contributed by atoms with Gasteiger partial charge in [-0.05, 0) is 40.0 Å². The Morgan fingerprint density at radius 3 is 2.78 bits per heavy atom. The number of rotatable bonds is 6. The molecule has 0 fully saturated rings. The van der Waals surface area contributed by atoms with Crippen molar-refractivity contribution in [2.45, 2.75) is 32.4 Å². The Hall–Kier alpha value is -1.33. The molecule has 0 aliphatic heterocycles. The highest BCUT2D eigenvalue weighted by atomic mass is 16.4. The molecule has 1 amide bonds. The topological polar surface area (TPSA) is 65.7 Å².